The number of hydrogen-bond donors (Lipinski definition) is 1. The molecule has 0 aliphatic carbocycles. The summed E-state index contributed by atoms with van der Waals surface area (Å²) >= 11 is 0. The highest BCUT2D eigenvalue weighted by molar-refractivity contribution is 5.73. The predicted octanol–water partition coefficient (Wildman–Crippen LogP) is 0.668. The summed E-state index contributed by atoms with van der Waals surface area (Å²) in [6, 6.07) is 0. The van der Waals surface area contributed by atoms with Crippen molar-refractivity contribution in [2.75, 3.05) is 13.1 Å². The van der Waals surface area contributed by atoms with Crippen molar-refractivity contribution in [2.45, 2.75) is 25.9 Å². The topological polar surface area (TPSA) is 57.6 Å². The van der Waals surface area contributed by atoms with Crippen molar-refractivity contribution in [1.82, 2.24) is 4.90 Å². The van der Waals surface area contributed by atoms with Crippen molar-refractivity contribution in [2.24, 2.45) is 5.92 Å². The van der Waals surface area contributed by atoms with Crippen LogP contribution in [0.15, 0.2) is 0 Å². The number of halogens is 1. The van der Waals surface area contributed by atoms with E-state index in [1.807, 2.05) is 0 Å². The fraction of sp³-hybridized carbons (Fsp3) is 0.778. The van der Waals surface area contributed by atoms with E-state index in [0.717, 1.165) is 0 Å². The average molecular weight is 203 g/mol. The zero-order valence-corrected chi connectivity index (χ0v) is 8.07. The minimum Gasteiger partial charge on any atom is -0.481 e. The third-order valence-electron chi connectivity index (χ3n) is 2.56. The van der Waals surface area contributed by atoms with Gasteiger partial charge in [-0.25, -0.2) is 4.39 Å². The van der Waals surface area contributed by atoms with Gasteiger partial charge in [-0.15, -0.1) is 0 Å². The van der Waals surface area contributed by atoms with E-state index in [9.17, 15) is 14.0 Å². The summed E-state index contributed by atoms with van der Waals surface area (Å²) in [5.41, 5.74) is 0. The molecule has 0 spiro atoms. The Hall–Kier alpha value is -1.13. The summed E-state index contributed by atoms with van der Waals surface area (Å²) in [7, 11) is 0. The first-order chi connectivity index (χ1) is 6.50. The lowest BCUT2D eigenvalue weighted by molar-refractivity contribution is -0.139. The molecule has 1 rings (SSSR count). The Bertz CT molecular complexity index is 244. The maximum atomic E-state index is 13.4. The van der Waals surface area contributed by atoms with Gasteiger partial charge in [0.2, 0.25) is 5.91 Å². The van der Waals surface area contributed by atoms with Crippen LogP contribution in [-0.2, 0) is 9.59 Å². The van der Waals surface area contributed by atoms with Gasteiger partial charge < -0.3 is 10.0 Å². The molecule has 1 aliphatic rings. The van der Waals surface area contributed by atoms with Gasteiger partial charge in [0.15, 0.2) is 0 Å². The van der Waals surface area contributed by atoms with Crippen LogP contribution in [-0.4, -0.2) is 41.1 Å². The number of alkyl halides is 1. The van der Waals surface area contributed by atoms with E-state index < -0.39 is 18.1 Å². The van der Waals surface area contributed by atoms with Crippen molar-refractivity contribution >= 4 is 11.9 Å². The van der Waals surface area contributed by atoms with E-state index in [2.05, 4.69) is 0 Å². The highest BCUT2D eigenvalue weighted by Gasteiger charge is 2.31. The van der Waals surface area contributed by atoms with Crippen LogP contribution in [0.4, 0.5) is 4.39 Å². The van der Waals surface area contributed by atoms with Crippen molar-refractivity contribution in [3.05, 3.63) is 0 Å². The third kappa shape index (κ3) is 2.68. The number of carboxylic acid groups (broad SMARTS) is 1. The van der Waals surface area contributed by atoms with Gasteiger partial charge in [-0.3, -0.25) is 9.59 Å². The van der Waals surface area contributed by atoms with Crippen LogP contribution in [0.5, 0.6) is 0 Å². The third-order valence-corrected chi connectivity index (χ3v) is 2.56. The number of amides is 1. The molecule has 1 amide bonds. The number of aliphatic carboxylic acids is 1. The Labute approximate surface area is 81.7 Å². The number of rotatable bonds is 2. The van der Waals surface area contributed by atoms with E-state index in [4.69, 9.17) is 5.11 Å². The molecule has 1 N–H and O–H groups in total. The summed E-state index contributed by atoms with van der Waals surface area (Å²) in [5.74, 6) is -1.57. The quantitative estimate of drug-likeness (QED) is 0.717. The first-order valence-corrected chi connectivity index (χ1v) is 4.62. The molecule has 1 fully saturated rings. The molecule has 0 bridgehead atoms. The van der Waals surface area contributed by atoms with E-state index in [1.165, 1.54) is 11.8 Å². The van der Waals surface area contributed by atoms with E-state index in [0.29, 0.717) is 13.0 Å². The van der Waals surface area contributed by atoms with Crippen molar-refractivity contribution in [3.63, 3.8) is 0 Å². The van der Waals surface area contributed by atoms with Gasteiger partial charge in [-0.1, -0.05) is 0 Å². The lowest BCUT2D eigenvalue weighted by Gasteiger charge is -2.33. The van der Waals surface area contributed by atoms with Gasteiger partial charge in [0.25, 0.3) is 0 Å². The SMILES string of the molecule is CC(=O)N1CCC(CC(=O)O)C(F)C1. The molecule has 0 saturated carbocycles. The molecule has 0 aromatic rings. The van der Waals surface area contributed by atoms with Crippen molar-refractivity contribution in [3.8, 4) is 0 Å². The predicted molar refractivity (Wildman–Crippen MR) is 47.5 cm³/mol. The molecule has 1 saturated heterocycles. The molecule has 80 valence electrons. The maximum Gasteiger partial charge on any atom is 0.303 e. The zero-order chi connectivity index (χ0) is 10.7. The summed E-state index contributed by atoms with van der Waals surface area (Å²) in [5, 5.41) is 8.51. The van der Waals surface area contributed by atoms with Gasteiger partial charge in [0.1, 0.15) is 6.17 Å². The lowest BCUT2D eigenvalue weighted by atomic mass is 9.92. The summed E-state index contributed by atoms with van der Waals surface area (Å²) in [6.07, 6.45) is -0.913. The minimum atomic E-state index is -1.20. The summed E-state index contributed by atoms with van der Waals surface area (Å²) < 4.78 is 13.4. The molecule has 0 aromatic heterocycles. The number of hydrogen-bond acceptors (Lipinski definition) is 2. The Morgan fingerprint density at radius 3 is 2.64 bits per heavy atom. The molecule has 0 aromatic carbocycles. The minimum absolute atomic E-state index is 0.0350. The highest BCUT2D eigenvalue weighted by Crippen LogP contribution is 2.23. The Morgan fingerprint density at radius 1 is 1.57 bits per heavy atom. The van der Waals surface area contributed by atoms with Crippen molar-refractivity contribution in [1.29, 1.82) is 0 Å². The zero-order valence-electron chi connectivity index (χ0n) is 8.07. The standard InChI is InChI=1S/C9H14FNO3/c1-6(12)11-3-2-7(4-9(13)14)8(10)5-11/h7-8H,2-5H2,1H3,(H,13,14). The second-order valence-electron chi connectivity index (χ2n) is 3.63. The van der Waals surface area contributed by atoms with Crippen LogP contribution in [0.25, 0.3) is 0 Å². The number of nitrogens with zero attached hydrogens (tertiary/aromatic N) is 1. The Kier molecular flexibility index (Phi) is 3.43. The van der Waals surface area contributed by atoms with Crippen LogP contribution in [0.1, 0.15) is 19.8 Å². The Morgan fingerprint density at radius 2 is 2.21 bits per heavy atom. The highest BCUT2D eigenvalue weighted by atomic mass is 19.1. The molecule has 0 radical (unpaired) electrons. The molecule has 14 heavy (non-hydrogen) atoms. The van der Waals surface area contributed by atoms with Crippen molar-refractivity contribution < 1.29 is 19.1 Å². The van der Waals surface area contributed by atoms with Crippen LogP contribution in [0, 0.1) is 5.92 Å². The van der Waals surface area contributed by atoms with E-state index in [1.54, 1.807) is 0 Å². The van der Waals surface area contributed by atoms with Gasteiger partial charge in [-0.05, 0) is 6.42 Å². The molecule has 4 nitrogen and oxygen atoms in total. The largest absolute Gasteiger partial charge is 0.481 e. The summed E-state index contributed by atoms with van der Waals surface area (Å²) in [6.45, 7) is 1.89. The van der Waals surface area contributed by atoms with Gasteiger partial charge >= 0.3 is 5.97 Å². The van der Waals surface area contributed by atoms with Gasteiger partial charge in [0, 0.05) is 19.4 Å². The summed E-state index contributed by atoms with van der Waals surface area (Å²) in [4.78, 5) is 22.7. The van der Waals surface area contributed by atoms with Crippen LogP contribution < -0.4 is 0 Å². The molecule has 2 atom stereocenters. The molecule has 5 heteroatoms. The smallest absolute Gasteiger partial charge is 0.303 e. The van der Waals surface area contributed by atoms with Gasteiger partial charge in [0.05, 0.1) is 13.0 Å². The molecular weight excluding hydrogens is 189 g/mol. The van der Waals surface area contributed by atoms with Crippen LogP contribution >= 0.6 is 0 Å². The number of carbonyl (C=O) groups excluding carboxylic acids is 1. The lowest BCUT2D eigenvalue weighted by Crippen LogP contribution is -2.44. The second-order valence-corrected chi connectivity index (χ2v) is 3.63. The molecule has 1 heterocycles. The number of carboxylic acids is 1. The second kappa shape index (κ2) is 4.39. The molecule has 2 unspecified atom stereocenters. The number of piperidine rings is 1. The molecule has 1 aliphatic heterocycles. The van der Waals surface area contributed by atoms with Crippen LogP contribution in [0.2, 0.25) is 0 Å². The number of carbonyl (C=O) groups is 2. The van der Waals surface area contributed by atoms with E-state index in [-0.39, 0.29) is 18.9 Å². The fourth-order valence-electron chi connectivity index (χ4n) is 1.69. The average Bonchev–Trinajstić information content (AvgIpc) is 2.07. The first-order valence-electron chi connectivity index (χ1n) is 4.62. The normalized spacial score (nSPS) is 27.4. The first kappa shape index (κ1) is 10.9. The van der Waals surface area contributed by atoms with Crippen LogP contribution in [0.3, 0.4) is 0 Å². The maximum absolute atomic E-state index is 13.4. The van der Waals surface area contributed by atoms with Gasteiger partial charge in [-0.2, -0.15) is 0 Å². The fourth-order valence-corrected chi connectivity index (χ4v) is 1.69. The monoisotopic (exact) mass is 203 g/mol. The number of likely N-dealkylation sites (tertiary alicyclic amines) is 1. The van der Waals surface area contributed by atoms with E-state index >= 15 is 0 Å². The Balaban J connectivity index is 2.47. The molecular formula is C9H14FNO3.